The Morgan fingerprint density at radius 2 is 1.65 bits per heavy atom. The van der Waals surface area contributed by atoms with Crippen molar-refractivity contribution in [1.82, 2.24) is 15.1 Å². The van der Waals surface area contributed by atoms with E-state index < -0.39 is 0 Å². The summed E-state index contributed by atoms with van der Waals surface area (Å²) < 4.78 is 0. The second kappa shape index (κ2) is 11.6. The fourth-order valence-electron chi connectivity index (χ4n) is 3.85. The van der Waals surface area contributed by atoms with Crippen molar-refractivity contribution < 1.29 is 9.59 Å². The first-order valence-electron chi connectivity index (χ1n) is 11.2. The number of rotatable bonds is 9. The molecular weight excluding hydrogens is 388 g/mol. The Kier molecular flexibility index (Phi) is 8.62. The number of carbonyl (C=O) groups is 2. The zero-order valence-electron chi connectivity index (χ0n) is 18.6. The van der Waals surface area contributed by atoms with Gasteiger partial charge in [0.05, 0.1) is 6.54 Å². The standard InChI is InChI=1S/C25H34N4O2/c1-3-4-14-26-23(30)19-28-15-17-29(18-16-28)24(21-8-6-5-7-9-21)25(31)27-22-12-10-20(2)11-13-22/h5-13,24H,3-4,14-19H2,1-2H3,(H,26,30)(H,27,31)/t24-/m1/s1. The summed E-state index contributed by atoms with van der Waals surface area (Å²) in [5.41, 5.74) is 2.95. The number of anilines is 1. The van der Waals surface area contributed by atoms with E-state index in [0.29, 0.717) is 6.54 Å². The summed E-state index contributed by atoms with van der Waals surface area (Å²) in [7, 11) is 0. The van der Waals surface area contributed by atoms with Crippen LogP contribution in [-0.2, 0) is 9.59 Å². The second-order valence-electron chi connectivity index (χ2n) is 8.18. The number of piperazine rings is 1. The summed E-state index contributed by atoms with van der Waals surface area (Å²) in [6.45, 7) is 8.32. The van der Waals surface area contributed by atoms with Gasteiger partial charge in [-0.15, -0.1) is 0 Å². The molecule has 2 aromatic carbocycles. The summed E-state index contributed by atoms with van der Waals surface area (Å²) in [4.78, 5) is 29.8. The normalized spacial score (nSPS) is 15.9. The van der Waals surface area contributed by atoms with Crippen LogP contribution in [0.5, 0.6) is 0 Å². The highest BCUT2D eigenvalue weighted by Gasteiger charge is 2.31. The number of hydrogen-bond donors (Lipinski definition) is 2. The van der Waals surface area contributed by atoms with Gasteiger partial charge in [-0.25, -0.2) is 0 Å². The zero-order chi connectivity index (χ0) is 22.1. The predicted molar refractivity (Wildman–Crippen MR) is 125 cm³/mol. The molecule has 1 saturated heterocycles. The second-order valence-corrected chi connectivity index (χ2v) is 8.18. The lowest BCUT2D eigenvalue weighted by molar-refractivity contribution is -0.125. The molecule has 0 aromatic heterocycles. The molecule has 0 aliphatic carbocycles. The van der Waals surface area contributed by atoms with Gasteiger partial charge in [0.1, 0.15) is 6.04 Å². The van der Waals surface area contributed by atoms with Crippen LogP contribution in [0.2, 0.25) is 0 Å². The van der Waals surface area contributed by atoms with Crippen molar-refractivity contribution in [3.8, 4) is 0 Å². The van der Waals surface area contributed by atoms with Crippen LogP contribution in [0.25, 0.3) is 0 Å². The Morgan fingerprint density at radius 1 is 0.968 bits per heavy atom. The largest absolute Gasteiger partial charge is 0.355 e. The molecule has 3 rings (SSSR count). The SMILES string of the molecule is CCCCNC(=O)CN1CCN([C@@H](C(=O)Nc2ccc(C)cc2)c2ccccc2)CC1. The number of amides is 2. The maximum atomic E-state index is 13.3. The van der Waals surface area contributed by atoms with Gasteiger partial charge in [-0.1, -0.05) is 61.4 Å². The third kappa shape index (κ3) is 6.91. The van der Waals surface area contributed by atoms with E-state index in [9.17, 15) is 9.59 Å². The summed E-state index contributed by atoms with van der Waals surface area (Å²) in [6.07, 6.45) is 2.08. The predicted octanol–water partition coefficient (Wildman–Crippen LogP) is 3.21. The number of hydrogen-bond acceptors (Lipinski definition) is 4. The zero-order valence-corrected chi connectivity index (χ0v) is 18.6. The summed E-state index contributed by atoms with van der Waals surface area (Å²) >= 11 is 0. The minimum Gasteiger partial charge on any atom is -0.355 e. The Morgan fingerprint density at radius 3 is 2.29 bits per heavy atom. The van der Waals surface area contributed by atoms with Crippen molar-refractivity contribution in [3.63, 3.8) is 0 Å². The average Bonchev–Trinajstić information content (AvgIpc) is 2.78. The van der Waals surface area contributed by atoms with Crippen LogP contribution in [0.1, 0.15) is 36.9 Å². The molecule has 0 unspecified atom stereocenters. The minimum absolute atomic E-state index is 0.0270. The maximum Gasteiger partial charge on any atom is 0.246 e. The molecule has 1 aliphatic heterocycles. The highest BCUT2D eigenvalue weighted by atomic mass is 16.2. The van der Waals surface area contributed by atoms with Crippen LogP contribution < -0.4 is 10.6 Å². The van der Waals surface area contributed by atoms with Crippen molar-refractivity contribution in [2.24, 2.45) is 0 Å². The molecule has 31 heavy (non-hydrogen) atoms. The van der Waals surface area contributed by atoms with E-state index in [4.69, 9.17) is 0 Å². The van der Waals surface area contributed by atoms with E-state index in [0.717, 1.165) is 62.4 Å². The topological polar surface area (TPSA) is 64.7 Å². The van der Waals surface area contributed by atoms with Crippen molar-refractivity contribution in [3.05, 3.63) is 65.7 Å². The van der Waals surface area contributed by atoms with Gasteiger partial charge in [0.2, 0.25) is 11.8 Å². The van der Waals surface area contributed by atoms with Gasteiger partial charge in [-0.05, 0) is 31.0 Å². The van der Waals surface area contributed by atoms with Crippen LogP contribution in [-0.4, -0.2) is 60.9 Å². The number of unbranched alkanes of at least 4 members (excludes halogenated alkanes) is 1. The molecule has 1 aliphatic rings. The molecule has 0 saturated carbocycles. The first-order valence-corrected chi connectivity index (χ1v) is 11.2. The van der Waals surface area contributed by atoms with E-state index >= 15 is 0 Å². The van der Waals surface area contributed by atoms with E-state index in [-0.39, 0.29) is 17.9 Å². The van der Waals surface area contributed by atoms with Gasteiger partial charge in [-0.3, -0.25) is 19.4 Å². The summed E-state index contributed by atoms with van der Waals surface area (Å²) in [5, 5.41) is 6.06. The van der Waals surface area contributed by atoms with Gasteiger partial charge >= 0.3 is 0 Å². The molecule has 2 aromatic rings. The van der Waals surface area contributed by atoms with Crippen molar-refractivity contribution in [2.45, 2.75) is 32.7 Å². The third-order valence-electron chi connectivity index (χ3n) is 5.67. The molecular formula is C25H34N4O2. The fourth-order valence-corrected chi connectivity index (χ4v) is 3.85. The van der Waals surface area contributed by atoms with Crippen molar-refractivity contribution in [2.75, 3.05) is 44.6 Å². The smallest absolute Gasteiger partial charge is 0.246 e. The molecule has 0 spiro atoms. The van der Waals surface area contributed by atoms with Gasteiger partial charge in [0.25, 0.3) is 0 Å². The van der Waals surface area contributed by atoms with Gasteiger partial charge in [0.15, 0.2) is 0 Å². The minimum atomic E-state index is -0.358. The lowest BCUT2D eigenvalue weighted by Gasteiger charge is -2.38. The number of nitrogens with one attached hydrogen (secondary N) is 2. The van der Waals surface area contributed by atoms with Crippen LogP contribution >= 0.6 is 0 Å². The molecule has 2 amide bonds. The molecule has 6 nitrogen and oxygen atoms in total. The highest BCUT2D eigenvalue weighted by Crippen LogP contribution is 2.24. The Labute approximate surface area is 185 Å². The van der Waals surface area contributed by atoms with Gasteiger partial charge in [-0.2, -0.15) is 0 Å². The third-order valence-corrected chi connectivity index (χ3v) is 5.67. The molecule has 1 fully saturated rings. The monoisotopic (exact) mass is 422 g/mol. The number of aryl methyl sites for hydroxylation is 1. The lowest BCUT2D eigenvalue weighted by Crippen LogP contribution is -2.52. The van der Waals surface area contributed by atoms with Crippen LogP contribution in [0.4, 0.5) is 5.69 Å². The Hall–Kier alpha value is -2.70. The number of carbonyl (C=O) groups excluding carboxylic acids is 2. The molecule has 0 radical (unpaired) electrons. The number of benzene rings is 2. The van der Waals surface area contributed by atoms with E-state index in [2.05, 4.69) is 27.4 Å². The summed E-state index contributed by atoms with van der Waals surface area (Å²) in [6, 6.07) is 17.4. The maximum absolute atomic E-state index is 13.3. The molecule has 166 valence electrons. The Balaban J connectivity index is 1.62. The van der Waals surface area contributed by atoms with Gasteiger partial charge < -0.3 is 10.6 Å². The van der Waals surface area contributed by atoms with E-state index in [1.54, 1.807) is 0 Å². The van der Waals surface area contributed by atoms with Crippen LogP contribution in [0.15, 0.2) is 54.6 Å². The van der Waals surface area contributed by atoms with Crippen LogP contribution in [0.3, 0.4) is 0 Å². The lowest BCUT2D eigenvalue weighted by atomic mass is 10.0. The van der Waals surface area contributed by atoms with E-state index in [1.165, 1.54) is 0 Å². The molecule has 0 bridgehead atoms. The molecule has 1 heterocycles. The average molecular weight is 423 g/mol. The quantitative estimate of drug-likeness (QED) is 0.609. The highest BCUT2D eigenvalue weighted by molar-refractivity contribution is 5.95. The number of nitrogens with zero attached hydrogens (tertiary/aromatic N) is 2. The van der Waals surface area contributed by atoms with Crippen molar-refractivity contribution >= 4 is 17.5 Å². The van der Waals surface area contributed by atoms with E-state index in [1.807, 2.05) is 61.5 Å². The fraction of sp³-hybridized carbons (Fsp3) is 0.440. The van der Waals surface area contributed by atoms with Crippen molar-refractivity contribution in [1.29, 1.82) is 0 Å². The first kappa shape index (κ1) is 23.0. The van der Waals surface area contributed by atoms with Crippen LogP contribution in [0, 0.1) is 6.92 Å². The molecule has 1 atom stereocenters. The Bertz CT molecular complexity index is 830. The molecule has 6 heteroatoms. The van der Waals surface area contributed by atoms with Gasteiger partial charge in [0, 0.05) is 38.4 Å². The first-order chi connectivity index (χ1) is 15.1. The summed E-state index contributed by atoms with van der Waals surface area (Å²) in [5.74, 6) is 0.0550. The molecule has 2 N–H and O–H groups in total.